The minimum Gasteiger partial charge on any atom is -0.503 e. The molecular weight excluding hydrogens is 382 g/mol. The van der Waals surface area contributed by atoms with Crippen molar-refractivity contribution in [2.45, 2.75) is 38.9 Å². The molecule has 7 heteroatoms. The Hall–Kier alpha value is -2.51. The van der Waals surface area contributed by atoms with E-state index in [1.807, 2.05) is 11.6 Å². The second-order valence-corrected chi connectivity index (χ2v) is 8.27. The first-order valence-corrected chi connectivity index (χ1v) is 10.6. The van der Waals surface area contributed by atoms with Crippen LogP contribution in [0.5, 0.6) is 17.2 Å². The van der Waals surface area contributed by atoms with E-state index in [4.69, 9.17) is 9.47 Å². The number of aromatic hydroxyl groups is 1. The molecule has 162 valence electrons. The van der Waals surface area contributed by atoms with Crippen molar-refractivity contribution in [3.05, 3.63) is 50.9 Å². The van der Waals surface area contributed by atoms with E-state index < -0.39 is 0 Å². The quantitative estimate of drug-likeness (QED) is 0.784. The lowest BCUT2D eigenvalue weighted by Crippen LogP contribution is -2.32. The summed E-state index contributed by atoms with van der Waals surface area (Å²) in [7, 11) is 5.26. The summed E-state index contributed by atoms with van der Waals surface area (Å²) in [6.07, 6.45) is 3.27. The first-order valence-electron chi connectivity index (χ1n) is 10.6. The fraction of sp³-hybridized carbons (Fsp3) is 0.522. The maximum Gasteiger partial charge on any atom is 0.223 e. The summed E-state index contributed by atoms with van der Waals surface area (Å²) in [6, 6.07) is 5.69. The largest absolute Gasteiger partial charge is 0.503 e. The number of ether oxygens (including phenoxy) is 2. The Labute approximate surface area is 177 Å². The first-order chi connectivity index (χ1) is 14.5. The van der Waals surface area contributed by atoms with Gasteiger partial charge in [-0.25, -0.2) is 0 Å². The molecule has 2 aromatic rings. The summed E-state index contributed by atoms with van der Waals surface area (Å²) in [5.74, 6) is 1.38. The summed E-state index contributed by atoms with van der Waals surface area (Å²) in [4.78, 5) is 17.1. The van der Waals surface area contributed by atoms with Crippen LogP contribution in [-0.2, 0) is 33.1 Å². The molecule has 0 unspecified atom stereocenters. The van der Waals surface area contributed by atoms with Gasteiger partial charge in [-0.05, 0) is 55.6 Å². The highest BCUT2D eigenvalue weighted by Crippen LogP contribution is 2.33. The zero-order valence-electron chi connectivity index (χ0n) is 18.1. The number of methoxy groups -OCH3 is 2. The van der Waals surface area contributed by atoms with Gasteiger partial charge < -0.3 is 19.1 Å². The van der Waals surface area contributed by atoms with Gasteiger partial charge >= 0.3 is 0 Å². The summed E-state index contributed by atoms with van der Waals surface area (Å²) < 4.78 is 12.9. The molecule has 0 atom stereocenters. The maximum absolute atomic E-state index is 12.4. The molecule has 4 rings (SSSR count). The highest BCUT2D eigenvalue weighted by Gasteiger charge is 2.22. The molecule has 0 bridgehead atoms. The smallest absolute Gasteiger partial charge is 0.223 e. The standard InChI is InChI=1S/C23H31N3O4/c1-24-18(12-20(27)23(28)19(24)15-25-7-4-5-8-25)14-26-9-6-16-10-21(29-2)22(30-3)11-17(16)13-26/h10-12,28H,4-9,13-15H2,1-3H3. The lowest BCUT2D eigenvalue weighted by molar-refractivity contribution is 0.236. The van der Waals surface area contributed by atoms with Crippen LogP contribution in [0.2, 0.25) is 0 Å². The lowest BCUT2D eigenvalue weighted by Gasteiger charge is -2.30. The molecule has 0 radical (unpaired) electrons. The molecular formula is C23H31N3O4. The molecule has 1 fully saturated rings. The monoisotopic (exact) mass is 413 g/mol. The number of rotatable bonds is 6. The van der Waals surface area contributed by atoms with Crippen LogP contribution in [0, 0.1) is 0 Å². The van der Waals surface area contributed by atoms with E-state index >= 15 is 0 Å². The van der Waals surface area contributed by atoms with E-state index in [2.05, 4.69) is 21.9 Å². The minimum atomic E-state index is -0.291. The third kappa shape index (κ3) is 4.04. The molecule has 1 saturated heterocycles. The van der Waals surface area contributed by atoms with Gasteiger partial charge in [0.1, 0.15) is 0 Å². The van der Waals surface area contributed by atoms with Crippen molar-refractivity contribution in [2.75, 3.05) is 33.9 Å². The minimum absolute atomic E-state index is 0.117. The van der Waals surface area contributed by atoms with Crippen LogP contribution in [0.1, 0.15) is 35.4 Å². The van der Waals surface area contributed by atoms with Crippen LogP contribution in [0.15, 0.2) is 23.0 Å². The topological polar surface area (TPSA) is 67.2 Å². The van der Waals surface area contributed by atoms with Crippen molar-refractivity contribution in [2.24, 2.45) is 7.05 Å². The van der Waals surface area contributed by atoms with Crippen molar-refractivity contribution in [1.29, 1.82) is 0 Å². The van der Waals surface area contributed by atoms with Gasteiger partial charge in [0, 0.05) is 45.0 Å². The predicted molar refractivity (Wildman–Crippen MR) is 115 cm³/mol. The molecule has 2 aliphatic rings. The summed E-state index contributed by atoms with van der Waals surface area (Å²) in [6.45, 7) is 5.00. The van der Waals surface area contributed by atoms with Gasteiger partial charge in [-0.1, -0.05) is 0 Å². The Morgan fingerprint density at radius 3 is 2.27 bits per heavy atom. The number of pyridine rings is 1. The SMILES string of the molecule is COc1cc2c(cc1OC)CN(Cc1cc(=O)c(O)c(CN3CCCC3)n1C)CC2. The average Bonchev–Trinajstić information content (AvgIpc) is 3.27. The van der Waals surface area contributed by atoms with Crippen LogP contribution in [-0.4, -0.2) is 53.3 Å². The number of benzene rings is 1. The molecule has 1 aromatic heterocycles. The Morgan fingerprint density at radius 1 is 0.933 bits per heavy atom. The number of hydrogen-bond donors (Lipinski definition) is 1. The molecule has 0 amide bonds. The Morgan fingerprint density at radius 2 is 1.60 bits per heavy atom. The molecule has 3 heterocycles. The van der Waals surface area contributed by atoms with Gasteiger partial charge in [0.25, 0.3) is 0 Å². The Kier molecular flexibility index (Phi) is 6.01. The van der Waals surface area contributed by atoms with Gasteiger partial charge in [0.2, 0.25) is 5.43 Å². The van der Waals surface area contributed by atoms with Crippen molar-refractivity contribution in [3.8, 4) is 17.2 Å². The summed E-state index contributed by atoms with van der Waals surface area (Å²) in [5, 5.41) is 10.4. The number of likely N-dealkylation sites (tertiary alicyclic amines) is 1. The van der Waals surface area contributed by atoms with Gasteiger partial charge in [-0.15, -0.1) is 0 Å². The molecule has 0 saturated carbocycles. The molecule has 1 N–H and O–H groups in total. The number of nitrogens with zero attached hydrogens (tertiary/aromatic N) is 3. The summed E-state index contributed by atoms with van der Waals surface area (Å²) in [5.41, 5.74) is 3.85. The fourth-order valence-corrected chi connectivity index (χ4v) is 4.58. The second-order valence-electron chi connectivity index (χ2n) is 8.27. The predicted octanol–water partition coefficient (Wildman–Crippen LogP) is 2.26. The van der Waals surface area contributed by atoms with E-state index in [-0.39, 0.29) is 11.2 Å². The van der Waals surface area contributed by atoms with Gasteiger partial charge in [0.05, 0.1) is 19.9 Å². The third-order valence-corrected chi connectivity index (χ3v) is 6.39. The van der Waals surface area contributed by atoms with Crippen molar-refractivity contribution < 1.29 is 14.6 Å². The van der Waals surface area contributed by atoms with Gasteiger partial charge in [-0.3, -0.25) is 14.6 Å². The van der Waals surface area contributed by atoms with Crippen LogP contribution in [0.3, 0.4) is 0 Å². The van der Waals surface area contributed by atoms with Crippen LogP contribution >= 0.6 is 0 Å². The Balaban J connectivity index is 1.56. The fourth-order valence-electron chi connectivity index (χ4n) is 4.58. The molecule has 1 aromatic carbocycles. The molecule has 2 aliphatic heterocycles. The van der Waals surface area contributed by atoms with E-state index in [1.54, 1.807) is 20.3 Å². The highest BCUT2D eigenvalue weighted by molar-refractivity contribution is 5.48. The van der Waals surface area contributed by atoms with Crippen LogP contribution in [0.4, 0.5) is 0 Å². The zero-order valence-corrected chi connectivity index (χ0v) is 18.1. The first kappa shape index (κ1) is 20.8. The van der Waals surface area contributed by atoms with Gasteiger partial charge in [-0.2, -0.15) is 0 Å². The Bertz CT molecular complexity index is 979. The number of hydrogen-bond acceptors (Lipinski definition) is 6. The number of fused-ring (bicyclic) bond motifs is 1. The van der Waals surface area contributed by atoms with E-state index in [1.165, 1.54) is 24.0 Å². The van der Waals surface area contributed by atoms with Crippen molar-refractivity contribution >= 4 is 0 Å². The van der Waals surface area contributed by atoms with E-state index in [9.17, 15) is 9.90 Å². The second kappa shape index (κ2) is 8.70. The number of aromatic nitrogens is 1. The molecule has 30 heavy (non-hydrogen) atoms. The van der Waals surface area contributed by atoms with E-state index in [0.717, 1.165) is 49.8 Å². The normalized spacial score (nSPS) is 17.2. The van der Waals surface area contributed by atoms with Crippen molar-refractivity contribution in [3.63, 3.8) is 0 Å². The maximum atomic E-state index is 12.4. The van der Waals surface area contributed by atoms with Crippen molar-refractivity contribution in [1.82, 2.24) is 14.4 Å². The van der Waals surface area contributed by atoms with Crippen LogP contribution in [0.25, 0.3) is 0 Å². The summed E-state index contributed by atoms with van der Waals surface area (Å²) >= 11 is 0. The zero-order chi connectivity index (χ0) is 21.3. The average molecular weight is 414 g/mol. The third-order valence-electron chi connectivity index (χ3n) is 6.39. The molecule has 7 nitrogen and oxygen atoms in total. The molecule has 0 spiro atoms. The van der Waals surface area contributed by atoms with E-state index in [0.29, 0.717) is 18.8 Å². The van der Waals surface area contributed by atoms with Crippen LogP contribution < -0.4 is 14.9 Å². The highest BCUT2D eigenvalue weighted by atomic mass is 16.5. The van der Waals surface area contributed by atoms with Gasteiger partial charge in [0.15, 0.2) is 17.2 Å². The molecule has 0 aliphatic carbocycles. The lowest BCUT2D eigenvalue weighted by atomic mass is 9.98.